The summed E-state index contributed by atoms with van der Waals surface area (Å²) in [7, 11) is 0. The summed E-state index contributed by atoms with van der Waals surface area (Å²) in [4.78, 5) is 4.07. The van der Waals surface area contributed by atoms with Gasteiger partial charge in [-0.3, -0.25) is 0 Å². The highest BCUT2D eigenvalue weighted by Crippen LogP contribution is 2.19. The van der Waals surface area contributed by atoms with Crippen molar-refractivity contribution in [2.24, 2.45) is 0 Å². The summed E-state index contributed by atoms with van der Waals surface area (Å²) >= 11 is 1.79. The minimum absolute atomic E-state index is 0.296. The van der Waals surface area contributed by atoms with Crippen LogP contribution in [0.4, 0.5) is 0 Å². The molecule has 0 spiro atoms. The van der Waals surface area contributed by atoms with Crippen molar-refractivity contribution in [1.82, 2.24) is 10.1 Å². The molecule has 1 rings (SSSR count). The van der Waals surface area contributed by atoms with Crippen molar-refractivity contribution in [3.8, 4) is 0 Å². The van der Waals surface area contributed by atoms with Crippen molar-refractivity contribution in [2.75, 3.05) is 0 Å². The molecular weight excluding hydrogens is 200 g/mol. The number of nitrogens with zero attached hydrogens (tertiary/aromatic N) is 2. The summed E-state index contributed by atoms with van der Waals surface area (Å²) in [6.45, 7) is 5.93. The van der Waals surface area contributed by atoms with Gasteiger partial charge in [-0.05, 0) is 13.3 Å². The number of aromatic nitrogens is 2. The van der Waals surface area contributed by atoms with Crippen LogP contribution >= 0.6 is 11.8 Å². The first-order valence-electron chi connectivity index (χ1n) is 4.75. The quantitative estimate of drug-likeness (QED) is 0.817. The largest absolute Gasteiger partial charge is 0.384 e. The van der Waals surface area contributed by atoms with E-state index in [0.717, 1.165) is 12.2 Å². The molecule has 4 nitrogen and oxygen atoms in total. The number of aliphatic hydroxyl groups is 1. The molecule has 0 aromatic carbocycles. The predicted molar refractivity (Wildman–Crippen MR) is 56.0 cm³/mol. The fraction of sp³-hybridized carbons (Fsp3) is 0.778. The molecule has 0 saturated carbocycles. The molecule has 14 heavy (non-hydrogen) atoms. The summed E-state index contributed by atoms with van der Waals surface area (Å²) in [5, 5.41) is 13.5. The second kappa shape index (κ2) is 5.36. The lowest BCUT2D eigenvalue weighted by atomic mass is 10.4. The van der Waals surface area contributed by atoms with Crippen molar-refractivity contribution >= 4 is 11.8 Å². The molecule has 2 atom stereocenters. The first-order chi connectivity index (χ1) is 6.63. The molecule has 0 bridgehead atoms. The van der Waals surface area contributed by atoms with Crippen molar-refractivity contribution < 1.29 is 9.63 Å². The second-order valence-corrected chi connectivity index (χ2v) is 4.68. The molecule has 0 saturated heterocycles. The van der Waals surface area contributed by atoms with Gasteiger partial charge in [0.15, 0.2) is 5.82 Å². The van der Waals surface area contributed by atoms with E-state index in [2.05, 4.69) is 24.0 Å². The Hall–Kier alpha value is -0.550. The Kier molecular flexibility index (Phi) is 4.41. The Morgan fingerprint density at radius 2 is 2.21 bits per heavy atom. The third-order valence-electron chi connectivity index (χ3n) is 1.91. The maximum Gasteiger partial charge on any atom is 0.255 e. The zero-order valence-electron chi connectivity index (χ0n) is 8.73. The molecule has 1 aromatic rings. The highest BCUT2D eigenvalue weighted by Gasteiger charge is 2.11. The van der Waals surface area contributed by atoms with Crippen molar-refractivity contribution in [2.45, 2.75) is 44.3 Å². The topological polar surface area (TPSA) is 59.2 Å². The van der Waals surface area contributed by atoms with Crippen LogP contribution in [0.15, 0.2) is 4.52 Å². The van der Waals surface area contributed by atoms with Gasteiger partial charge in [0.25, 0.3) is 5.89 Å². The third kappa shape index (κ3) is 3.31. The summed E-state index contributed by atoms with van der Waals surface area (Å²) < 4.78 is 4.87. The van der Waals surface area contributed by atoms with E-state index in [9.17, 15) is 0 Å². The molecule has 0 aliphatic heterocycles. The monoisotopic (exact) mass is 216 g/mol. The van der Waals surface area contributed by atoms with Crippen LogP contribution in [-0.2, 0) is 5.75 Å². The Bertz CT molecular complexity index is 276. The number of aliphatic hydroxyl groups excluding tert-OH is 1. The number of hydrogen-bond acceptors (Lipinski definition) is 5. The van der Waals surface area contributed by atoms with Crippen LogP contribution in [0.25, 0.3) is 0 Å². The second-order valence-electron chi connectivity index (χ2n) is 3.25. The SMILES string of the molecule is CCC(C)SCc1noc([C@H](C)O)n1. The smallest absolute Gasteiger partial charge is 0.255 e. The summed E-state index contributed by atoms with van der Waals surface area (Å²) in [5.41, 5.74) is 0. The molecule has 5 heteroatoms. The van der Waals surface area contributed by atoms with Crippen LogP contribution in [0.1, 0.15) is 45.0 Å². The van der Waals surface area contributed by atoms with E-state index < -0.39 is 6.10 Å². The van der Waals surface area contributed by atoms with Crippen LogP contribution in [-0.4, -0.2) is 20.5 Å². The maximum atomic E-state index is 9.16. The molecule has 1 N–H and O–H groups in total. The van der Waals surface area contributed by atoms with E-state index in [1.165, 1.54) is 0 Å². The van der Waals surface area contributed by atoms with Gasteiger partial charge in [-0.2, -0.15) is 16.7 Å². The van der Waals surface area contributed by atoms with Crippen molar-refractivity contribution in [1.29, 1.82) is 0 Å². The highest BCUT2D eigenvalue weighted by atomic mass is 32.2. The zero-order chi connectivity index (χ0) is 10.6. The van der Waals surface area contributed by atoms with Gasteiger partial charge in [0.1, 0.15) is 6.10 Å². The van der Waals surface area contributed by atoms with E-state index in [1.807, 2.05) is 0 Å². The van der Waals surface area contributed by atoms with Crippen LogP contribution in [0.5, 0.6) is 0 Å². The van der Waals surface area contributed by atoms with Crippen LogP contribution < -0.4 is 0 Å². The van der Waals surface area contributed by atoms with Gasteiger partial charge in [-0.1, -0.05) is 19.0 Å². The summed E-state index contributed by atoms with van der Waals surface area (Å²) in [6.07, 6.45) is 0.455. The van der Waals surface area contributed by atoms with Crippen LogP contribution in [0.3, 0.4) is 0 Å². The van der Waals surface area contributed by atoms with Gasteiger partial charge in [0.05, 0.1) is 5.75 Å². The van der Waals surface area contributed by atoms with Gasteiger partial charge >= 0.3 is 0 Å². The lowest BCUT2D eigenvalue weighted by molar-refractivity contribution is 0.151. The average molecular weight is 216 g/mol. The highest BCUT2D eigenvalue weighted by molar-refractivity contribution is 7.99. The van der Waals surface area contributed by atoms with E-state index in [0.29, 0.717) is 17.0 Å². The molecule has 1 aromatic heterocycles. The summed E-state index contributed by atoms with van der Waals surface area (Å²) in [6, 6.07) is 0. The minimum Gasteiger partial charge on any atom is -0.384 e. The summed E-state index contributed by atoms with van der Waals surface area (Å²) in [5.74, 6) is 1.70. The van der Waals surface area contributed by atoms with Crippen molar-refractivity contribution in [3.63, 3.8) is 0 Å². The molecular formula is C9H16N2O2S. The molecule has 1 unspecified atom stereocenters. The molecule has 1 heterocycles. The Balaban J connectivity index is 2.44. The first-order valence-corrected chi connectivity index (χ1v) is 5.80. The number of rotatable bonds is 5. The van der Waals surface area contributed by atoms with Gasteiger partial charge in [0.2, 0.25) is 0 Å². The van der Waals surface area contributed by atoms with Crippen molar-refractivity contribution in [3.05, 3.63) is 11.7 Å². The molecule has 0 aliphatic rings. The first kappa shape index (κ1) is 11.5. The molecule has 0 aliphatic carbocycles. The lowest BCUT2D eigenvalue weighted by Gasteiger charge is -2.04. The van der Waals surface area contributed by atoms with E-state index in [-0.39, 0.29) is 0 Å². The standard InChI is InChI=1S/C9H16N2O2S/c1-4-6(2)14-5-8-10-9(7(3)12)13-11-8/h6-7,12H,4-5H2,1-3H3/t6?,7-/m0/s1. The van der Waals surface area contributed by atoms with Gasteiger partial charge in [-0.15, -0.1) is 0 Å². The van der Waals surface area contributed by atoms with Gasteiger partial charge in [-0.25, -0.2) is 0 Å². The number of hydrogen-bond donors (Lipinski definition) is 1. The Labute approximate surface area is 88.1 Å². The van der Waals surface area contributed by atoms with E-state index in [1.54, 1.807) is 18.7 Å². The molecule has 0 radical (unpaired) electrons. The fourth-order valence-corrected chi connectivity index (χ4v) is 1.62. The average Bonchev–Trinajstić information content (AvgIpc) is 2.62. The van der Waals surface area contributed by atoms with Crippen LogP contribution in [0.2, 0.25) is 0 Å². The van der Waals surface area contributed by atoms with Gasteiger partial charge in [0, 0.05) is 5.25 Å². The third-order valence-corrected chi connectivity index (χ3v) is 3.24. The van der Waals surface area contributed by atoms with E-state index in [4.69, 9.17) is 9.63 Å². The molecule has 0 fully saturated rings. The lowest BCUT2D eigenvalue weighted by Crippen LogP contribution is -1.95. The molecule has 0 amide bonds. The molecule has 80 valence electrons. The minimum atomic E-state index is -0.676. The zero-order valence-corrected chi connectivity index (χ0v) is 9.54. The Morgan fingerprint density at radius 1 is 1.50 bits per heavy atom. The fourth-order valence-electron chi connectivity index (χ4n) is 0.830. The Morgan fingerprint density at radius 3 is 2.71 bits per heavy atom. The normalized spacial score (nSPS) is 15.4. The van der Waals surface area contributed by atoms with Crippen LogP contribution in [0, 0.1) is 0 Å². The van der Waals surface area contributed by atoms with Gasteiger partial charge < -0.3 is 9.63 Å². The number of thioether (sulfide) groups is 1. The van der Waals surface area contributed by atoms with E-state index >= 15 is 0 Å². The maximum absolute atomic E-state index is 9.16. The predicted octanol–water partition coefficient (Wildman–Crippen LogP) is 2.15.